The lowest BCUT2D eigenvalue weighted by molar-refractivity contribution is -0.154. The fourth-order valence-corrected chi connectivity index (χ4v) is 10.5. The van der Waals surface area contributed by atoms with E-state index in [0.717, 1.165) is 62.2 Å². The molecule has 2 aliphatic heterocycles. The Kier molecular flexibility index (Phi) is 15.6. The molecule has 2 aliphatic carbocycles. The number of benzene rings is 2. The van der Waals surface area contributed by atoms with Crippen LogP contribution in [0.3, 0.4) is 0 Å². The predicted molar refractivity (Wildman–Crippen MR) is 223 cm³/mol. The predicted octanol–water partition coefficient (Wildman–Crippen LogP) is 10.9. The van der Waals surface area contributed by atoms with Gasteiger partial charge in [-0.3, -0.25) is 19.6 Å². The highest BCUT2D eigenvalue weighted by atomic mass is 32.2. The summed E-state index contributed by atoms with van der Waals surface area (Å²) in [6.07, 6.45) is 6.95. The number of carbonyl (C=O) groups is 2. The number of hydrogen-bond donors (Lipinski definition) is 2. The molecule has 2 heterocycles. The first kappa shape index (κ1) is 47.1. The van der Waals surface area contributed by atoms with E-state index < -0.39 is 45.5 Å². The first-order valence-corrected chi connectivity index (χ1v) is 20.6. The second kappa shape index (κ2) is 18.6. The van der Waals surface area contributed by atoms with Crippen molar-refractivity contribution in [3.05, 3.63) is 58.7 Å². The van der Waals surface area contributed by atoms with Crippen molar-refractivity contribution < 1.29 is 36.6 Å². The third kappa shape index (κ3) is 11.0. The molecule has 4 aliphatic rings. The molecule has 8 nitrogen and oxygen atoms in total. The number of thioether (sulfide) groups is 2. The van der Waals surface area contributed by atoms with E-state index >= 15 is 0 Å². The average molecular weight is 825 g/mol. The van der Waals surface area contributed by atoms with E-state index in [1.165, 1.54) is 35.7 Å². The van der Waals surface area contributed by atoms with Gasteiger partial charge in [0.05, 0.1) is 34.0 Å². The third-order valence-electron chi connectivity index (χ3n) is 10.1. The molecule has 4 atom stereocenters. The molecule has 0 saturated heterocycles. The highest BCUT2D eigenvalue weighted by Crippen LogP contribution is 2.52. The minimum Gasteiger partial charge on any atom is -0.460 e. The van der Waals surface area contributed by atoms with Crippen LogP contribution in [0.15, 0.2) is 34.3 Å². The Labute approximate surface area is 338 Å². The minimum absolute atomic E-state index is 0. The van der Waals surface area contributed by atoms with E-state index in [2.05, 4.69) is 0 Å². The lowest BCUT2D eigenvalue weighted by Crippen LogP contribution is -2.42. The number of anilines is 2. The second-order valence-electron chi connectivity index (χ2n) is 16.6. The number of nitrogens with two attached hydrogens (primary N) is 2. The maximum atomic E-state index is 14.7. The number of carbonyl (C=O) groups excluding carboxylic acids is 2. The van der Waals surface area contributed by atoms with Crippen molar-refractivity contribution in [2.45, 2.75) is 143 Å². The number of nitrogens with zero attached hydrogens (tertiary/aromatic N) is 2. The van der Waals surface area contributed by atoms with Crippen LogP contribution < -0.4 is 11.5 Å². The summed E-state index contributed by atoms with van der Waals surface area (Å²) in [5.41, 5.74) is 9.53. The number of aliphatic imine (C=N–C) groups is 2. The van der Waals surface area contributed by atoms with Crippen molar-refractivity contribution in [1.82, 2.24) is 0 Å². The summed E-state index contributed by atoms with van der Waals surface area (Å²) in [6.45, 7) is 10.9. The molecular formula is C42H60F4N4O4S2. The minimum atomic E-state index is -0.953. The zero-order chi connectivity index (χ0) is 39.6. The number of halogens is 4. The average Bonchev–Trinajstić information content (AvgIpc) is 3.06. The molecule has 0 radical (unpaired) electrons. The van der Waals surface area contributed by atoms with Crippen LogP contribution in [-0.4, -0.2) is 44.7 Å². The van der Waals surface area contributed by atoms with Crippen molar-refractivity contribution in [3.8, 4) is 0 Å². The molecule has 2 aromatic carbocycles. The van der Waals surface area contributed by atoms with Gasteiger partial charge in [-0.2, -0.15) is 0 Å². The van der Waals surface area contributed by atoms with Crippen LogP contribution in [0.2, 0.25) is 0 Å². The number of esters is 2. The van der Waals surface area contributed by atoms with Crippen LogP contribution in [0.1, 0.15) is 132 Å². The molecule has 312 valence electrons. The first-order chi connectivity index (χ1) is 25.2. The Hall–Kier alpha value is -3.26. The van der Waals surface area contributed by atoms with E-state index in [9.17, 15) is 27.2 Å². The van der Waals surface area contributed by atoms with Crippen LogP contribution in [0.25, 0.3) is 0 Å². The summed E-state index contributed by atoms with van der Waals surface area (Å²) in [4.78, 5) is 34.1. The molecule has 0 spiro atoms. The third-order valence-corrected chi connectivity index (χ3v) is 12.4. The van der Waals surface area contributed by atoms with Crippen molar-refractivity contribution >= 4 is 56.9 Å². The van der Waals surface area contributed by atoms with Gasteiger partial charge in [0.25, 0.3) is 0 Å². The Morgan fingerprint density at radius 2 is 1.04 bits per heavy atom. The summed E-state index contributed by atoms with van der Waals surface area (Å²) in [5.74, 6) is -2.78. The van der Waals surface area contributed by atoms with Gasteiger partial charge in [0.2, 0.25) is 0 Å². The normalized spacial score (nSPS) is 24.6. The van der Waals surface area contributed by atoms with Crippen LogP contribution in [0.5, 0.6) is 0 Å². The van der Waals surface area contributed by atoms with Gasteiger partial charge in [-0.1, -0.05) is 40.5 Å². The van der Waals surface area contributed by atoms with Gasteiger partial charge < -0.3 is 20.9 Å². The topological polar surface area (TPSA) is 129 Å². The van der Waals surface area contributed by atoms with Crippen LogP contribution in [0, 0.1) is 35.1 Å². The number of rotatable bonds is 6. The molecule has 4 N–H and O–H groups in total. The van der Waals surface area contributed by atoms with Gasteiger partial charge in [0, 0.05) is 34.0 Å². The molecule has 14 heteroatoms. The fraction of sp³-hybridized carbons (Fsp3) is 0.619. The van der Waals surface area contributed by atoms with Gasteiger partial charge >= 0.3 is 11.9 Å². The Balaban J connectivity index is 0.000000290. The van der Waals surface area contributed by atoms with Crippen molar-refractivity contribution in [2.75, 3.05) is 23.0 Å². The highest BCUT2D eigenvalue weighted by Gasteiger charge is 2.48. The van der Waals surface area contributed by atoms with Crippen molar-refractivity contribution in [1.29, 1.82) is 0 Å². The van der Waals surface area contributed by atoms with E-state index in [1.807, 2.05) is 41.5 Å². The lowest BCUT2D eigenvalue weighted by Gasteiger charge is -2.45. The molecule has 56 heavy (non-hydrogen) atoms. The molecule has 0 aromatic heterocycles. The molecule has 6 rings (SSSR count). The first-order valence-electron chi connectivity index (χ1n) is 18.6. The number of ether oxygens (including phenoxy) is 2. The maximum absolute atomic E-state index is 14.7. The molecular weight excluding hydrogens is 765 g/mol. The van der Waals surface area contributed by atoms with Gasteiger partial charge in [-0.15, -0.1) is 23.5 Å². The maximum Gasteiger partial charge on any atom is 0.312 e. The largest absolute Gasteiger partial charge is 0.460 e. The van der Waals surface area contributed by atoms with Gasteiger partial charge in [-0.25, -0.2) is 17.6 Å². The summed E-state index contributed by atoms with van der Waals surface area (Å²) in [7, 11) is 0. The molecule has 2 fully saturated rings. The van der Waals surface area contributed by atoms with Gasteiger partial charge in [-0.05, 0) is 103 Å². The molecule has 0 amide bonds. The standard InChI is InChI=1S/2C20H26F2N2O2S.2CH4/c2*1-19(2,3)26-17(25)10-16-24-20(7-5-4-6-12(20)11-27-16)14-8-13(23)9-15(21)18(14)22;;/h2*8-9,12H,4-7,10-11,23H2,1-3H3;2*1H4/t2*12-,20-;;/m00../s1. The van der Waals surface area contributed by atoms with Crippen molar-refractivity contribution in [2.24, 2.45) is 21.8 Å². The SMILES string of the molecule is C.C.CC(C)(C)OC(=O)CC1=N[C@@]2(c3cc(N)cc(F)c3F)CCCC[C@H]2CS1.CC(C)(C)OC(=O)CC1=N[C@@]2(c3cc(N)cc(F)c3F)CCCC[C@H]2CS1. The number of fused-ring (bicyclic) bond motifs is 2. The smallest absolute Gasteiger partial charge is 0.312 e. The van der Waals surface area contributed by atoms with Crippen molar-refractivity contribution in [3.63, 3.8) is 0 Å². The fourth-order valence-electron chi connectivity index (χ4n) is 7.96. The van der Waals surface area contributed by atoms with E-state index in [-0.39, 0.29) is 74.0 Å². The summed E-state index contributed by atoms with van der Waals surface area (Å²) >= 11 is 3.02. The molecule has 0 unspecified atom stereocenters. The monoisotopic (exact) mass is 824 g/mol. The lowest BCUT2D eigenvalue weighted by atomic mass is 9.69. The second-order valence-corrected chi connectivity index (χ2v) is 18.8. The number of hydrogen-bond acceptors (Lipinski definition) is 10. The quantitative estimate of drug-likeness (QED) is 0.167. The summed E-state index contributed by atoms with van der Waals surface area (Å²) in [5, 5.41) is 1.23. The summed E-state index contributed by atoms with van der Waals surface area (Å²) in [6, 6.07) is 5.00. The number of nitrogen functional groups attached to an aromatic ring is 2. The Morgan fingerprint density at radius 3 is 1.38 bits per heavy atom. The Bertz CT molecular complexity index is 1680. The molecule has 2 aromatic rings. The summed E-state index contributed by atoms with van der Waals surface area (Å²) < 4.78 is 68.4. The Morgan fingerprint density at radius 1 is 0.679 bits per heavy atom. The molecule has 2 saturated carbocycles. The van der Waals surface area contributed by atoms with E-state index in [0.29, 0.717) is 22.9 Å². The van der Waals surface area contributed by atoms with Gasteiger partial charge in [0.1, 0.15) is 11.2 Å². The van der Waals surface area contributed by atoms with E-state index in [1.54, 1.807) is 0 Å². The zero-order valence-corrected chi connectivity index (χ0v) is 33.6. The van der Waals surface area contributed by atoms with Gasteiger partial charge in [0.15, 0.2) is 23.3 Å². The zero-order valence-electron chi connectivity index (χ0n) is 32.0. The van der Waals surface area contributed by atoms with Crippen LogP contribution in [-0.2, 0) is 30.1 Å². The molecule has 0 bridgehead atoms. The van der Waals surface area contributed by atoms with E-state index in [4.69, 9.17) is 30.9 Å². The highest BCUT2D eigenvalue weighted by molar-refractivity contribution is 8.14. The van der Waals surface area contributed by atoms with Crippen LogP contribution >= 0.6 is 23.5 Å². The van der Waals surface area contributed by atoms with Crippen LogP contribution in [0.4, 0.5) is 28.9 Å².